The number of ether oxygens (including phenoxy) is 1. The zero-order chi connectivity index (χ0) is 33.1. The lowest BCUT2D eigenvalue weighted by molar-refractivity contribution is -0.137. The van der Waals surface area contributed by atoms with Crippen molar-refractivity contribution >= 4 is 34.6 Å². The predicted octanol–water partition coefficient (Wildman–Crippen LogP) is 4.32. The first-order valence-electron chi connectivity index (χ1n) is 15.4. The van der Waals surface area contributed by atoms with Crippen LogP contribution in [0.5, 0.6) is 0 Å². The molecule has 3 N–H and O–H groups in total. The van der Waals surface area contributed by atoms with Gasteiger partial charge >= 0.3 is 12.3 Å². The van der Waals surface area contributed by atoms with E-state index in [2.05, 4.69) is 51.7 Å². The van der Waals surface area contributed by atoms with Crippen molar-refractivity contribution in [2.75, 3.05) is 25.5 Å². The minimum Gasteiger partial charge on any atom is -0.444 e. The molecule has 4 atom stereocenters. The summed E-state index contributed by atoms with van der Waals surface area (Å²) in [5, 5.41) is 8.98. The minimum absolute atomic E-state index is 0.0476. The fraction of sp³-hybridized carbons (Fsp3) is 0.645. The molecule has 14 heteroatoms. The van der Waals surface area contributed by atoms with Gasteiger partial charge in [0.15, 0.2) is 0 Å². The SMILES string of the molecule is CC(C)N(C)[C@@H]1CC[C@H](N2CC[C@H](Nc3ncnc4ccc(C(F)(F)F)cc34)C2=O)[C@H](NC(=O)CCNC(=O)OC(C)(C)C)C1. The second kappa shape index (κ2) is 13.8. The Morgan fingerprint density at radius 1 is 1.13 bits per heavy atom. The number of carbonyl (C=O) groups excluding carboxylic acids is 3. The van der Waals surface area contributed by atoms with Crippen molar-refractivity contribution in [2.45, 2.75) is 109 Å². The minimum atomic E-state index is -4.53. The van der Waals surface area contributed by atoms with Crippen LogP contribution in [0, 0.1) is 0 Å². The Hall–Kier alpha value is -3.68. The van der Waals surface area contributed by atoms with Gasteiger partial charge in [-0.2, -0.15) is 13.2 Å². The average Bonchev–Trinajstić information content (AvgIpc) is 3.30. The van der Waals surface area contributed by atoms with E-state index in [-0.39, 0.29) is 54.1 Å². The highest BCUT2D eigenvalue weighted by Gasteiger charge is 2.43. The fourth-order valence-corrected chi connectivity index (χ4v) is 6.00. The topological polar surface area (TPSA) is 129 Å². The van der Waals surface area contributed by atoms with E-state index in [1.54, 1.807) is 25.7 Å². The summed E-state index contributed by atoms with van der Waals surface area (Å²) >= 11 is 0. The Morgan fingerprint density at radius 3 is 2.53 bits per heavy atom. The molecule has 45 heavy (non-hydrogen) atoms. The quantitative estimate of drug-likeness (QED) is 0.372. The van der Waals surface area contributed by atoms with E-state index in [0.29, 0.717) is 37.4 Å². The van der Waals surface area contributed by atoms with E-state index in [4.69, 9.17) is 4.74 Å². The Balaban J connectivity index is 1.46. The summed E-state index contributed by atoms with van der Waals surface area (Å²) in [5.41, 5.74) is -1.14. The van der Waals surface area contributed by atoms with Crippen molar-refractivity contribution < 1.29 is 32.3 Å². The molecule has 0 bridgehead atoms. The fourth-order valence-electron chi connectivity index (χ4n) is 6.00. The van der Waals surface area contributed by atoms with Crippen molar-refractivity contribution in [3.63, 3.8) is 0 Å². The lowest BCUT2D eigenvalue weighted by Gasteiger charge is -2.44. The molecule has 0 radical (unpaired) electrons. The van der Waals surface area contributed by atoms with Crippen LogP contribution in [-0.4, -0.2) is 93.6 Å². The summed E-state index contributed by atoms with van der Waals surface area (Å²) in [6.45, 7) is 10.0. The molecule has 248 valence electrons. The number of amides is 3. The van der Waals surface area contributed by atoms with Crippen LogP contribution in [0.25, 0.3) is 10.9 Å². The summed E-state index contributed by atoms with van der Waals surface area (Å²) < 4.78 is 45.4. The largest absolute Gasteiger partial charge is 0.444 e. The molecular formula is C31H44F3N7O4. The van der Waals surface area contributed by atoms with Crippen LogP contribution in [0.2, 0.25) is 0 Å². The van der Waals surface area contributed by atoms with E-state index in [1.807, 2.05) is 0 Å². The number of alkyl carbamates (subject to hydrolysis) is 1. The van der Waals surface area contributed by atoms with Crippen LogP contribution >= 0.6 is 0 Å². The zero-order valence-corrected chi connectivity index (χ0v) is 26.7. The van der Waals surface area contributed by atoms with Gasteiger partial charge in [-0.05, 0) is 85.5 Å². The first kappa shape index (κ1) is 34.2. The molecule has 1 aromatic heterocycles. The standard InChI is InChI=1S/C31H44F3N7O4/c1-18(2)40(6)20-8-10-25(24(16-20)38-26(42)11-13-35-29(44)45-30(3,4)5)41-14-12-23(28(41)43)39-27-21-15-19(31(32,33)34)7-9-22(21)36-17-37-27/h7,9,15,17-18,20,23-25H,8,10-14,16H2,1-6H3,(H,35,44)(H,38,42)(H,36,37,39)/t20-,23+,24-,25+/m1/s1. The molecule has 1 saturated carbocycles. The Labute approximate surface area is 261 Å². The maximum atomic E-state index is 13.7. The molecule has 0 spiro atoms. The van der Waals surface area contributed by atoms with Crippen LogP contribution < -0.4 is 16.0 Å². The zero-order valence-electron chi connectivity index (χ0n) is 26.7. The summed E-state index contributed by atoms with van der Waals surface area (Å²) in [7, 11) is 2.05. The lowest BCUT2D eigenvalue weighted by Crippen LogP contribution is -2.59. The normalized spacial score (nSPS) is 22.6. The molecule has 1 aliphatic carbocycles. The number of benzene rings is 1. The maximum absolute atomic E-state index is 13.7. The number of rotatable bonds is 9. The van der Waals surface area contributed by atoms with Crippen LogP contribution in [0.15, 0.2) is 24.5 Å². The van der Waals surface area contributed by atoms with E-state index in [1.165, 1.54) is 12.4 Å². The number of halogens is 3. The summed E-state index contributed by atoms with van der Waals surface area (Å²) in [5.74, 6) is -0.278. The van der Waals surface area contributed by atoms with E-state index in [0.717, 1.165) is 18.6 Å². The van der Waals surface area contributed by atoms with Crippen LogP contribution in [0.3, 0.4) is 0 Å². The first-order chi connectivity index (χ1) is 21.0. The Kier molecular flexibility index (Phi) is 10.5. The smallest absolute Gasteiger partial charge is 0.416 e. The number of hydrogen-bond donors (Lipinski definition) is 3. The van der Waals surface area contributed by atoms with Gasteiger partial charge in [0, 0.05) is 37.0 Å². The third-order valence-corrected chi connectivity index (χ3v) is 8.46. The number of fused-ring (bicyclic) bond motifs is 1. The lowest BCUT2D eigenvalue weighted by atomic mass is 9.84. The van der Waals surface area contributed by atoms with Crippen LogP contribution in [0.4, 0.5) is 23.8 Å². The van der Waals surface area contributed by atoms with Crippen molar-refractivity contribution in [3.8, 4) is 0 Å². The summed E-state index contributed by atoms with van der Waals surface area (Å²) in [4.78, 5) is 51.0. The van der Waals surface area contributed by atoms with Crippen LogP contribution in [-0.2, 0) is 20.5 Å². The van der Waals surface area contributed by atoms with Gasteiger partial charge in [0.1, 0.15) is 23.8 Å². The predicted molar refractivity (Wildman–Crippen MR) is 163 cm³/mol. The Morgan fingerprint density at radius 2 is 1.87 bits per heavy atom. The molecule has 2 fully saturated rings. The van der Waals surface area contributed by atoms with Gasteiger partial charge in [-0.1, -0.05) is 0 Å². The van der Waals surface area contributed by atoms with Gasteiger partial charge in [-0.15, -0.1) is 0 Å². The third-order valence-electron chi connectivity index (χ3n) is 8.46. The second-order valence-electron chi connectivity index (χ2n) is 13.1. The van der Waals surface area contributed by atoms with Gasteiger partial charge in [-0.3, -0.25) is 9.59 Å². The molecular weight excluding hydrogens is 591 g/mol. The molecule has 2 heterocycles. The molecule has 1 saturated heterocycles. The molecule has 0 unspecified atom stereocenters. The number of likely N-dealkylation sites (tertiary alicyclic amines) is 1. The van der Waals surface area contributed by atoms with E-state index < -0.39 is 29.5 Å². The van der Waals surface area contributed by atoms with Gasteiger partial charge in [0.05, 0.1) is 23.2 Å². The van der Waals surface area contributed by atoms with Gasteiger partial charge < -0.3 is 30.5 Å². The first-order valence-corrected chi connectivity index (χ1v) is 15.4. The summed E-state index contributed by atoms with van der Waals surface area (Å²) in [6, 6.07) is 2.47. The number of aromatic nitrogens is 2. The van der Waals surface area contributed by atoms with Gasteiger partial charge in [0.2, 0.25) is 11.8 Å². The van der Waals surface area contributed by atoms with Crippen molar-refractivity contribution in [1.82, 2.24) is 30.4 Å². The van der Waals surface area contributed by atoms with E-state index >= 15 is 0 Å². The number of alkyl halides is 3. The number of carbonyl (C=O) groups is 3. The molecule has 11 nitrogen and oxygen atoms in total. The van der Waals surface area contributed by atoms with Crippen molar-refractivity contribution in [2.24, 2.45) is 0 Å². The molecule has 1 aromatic carbocycles. The van der Waals surface area contributed by atoms with Crippen LogP contribution in [0.1, 0.15) is 72.3 Å². The number of anilines is 1. The highest BCUT2D eigenvalue weighted by atomic mass is 19.4. The molecule has 1 aliphatic heterocycles. The highest BCUT2D eigenvalue weighted by Crippen LogP contribution is 2.34. The van der Waals surface area contributed by atoms with E-state index in [9.17, 15) is 27.6 Å². The van der Waals surface area contributed by atoms with Gasteiger partial charge in [0.25, 0.3) is 0 Å². The van der Waals surface area contributed by atoms with Crippen molar-refractivity contribution in [3.05, 3.63) is 30.1 Å². The monoisotopic (exact) mass is 635 g/mol. The highest BCUT2D eigenvalue weighted by molar-refractivity contribution is 5.93. The maximum Gasteiger partial charge on any atom is 0.416 e. The number of hydrogen-bond acceptors (Lipinski definition) is 8. The average molecular weight is 636 g/mol. The van der Waals surface area contributed by atoms with Crippen molar-refractivity contribution in [1.29, 1.82) is 0 Å². The second-order valence-corrected chi connectivity index (χ2v) is 13.1. The molecule has 2 aromatic rings. The third kappa shape index (κ3) is 8.74. The van der Waals surface area contributed by atoms with Gasteiger partial charge in [-0.25, -0.2) is 14.8 Å². The molecule has 2 aliphatic rings. The number of nitrogens with zero attached hydrogens (tertiary/aromatic N) is 4. The molecule has 3 amide bonds. The Bertz CT molecular complexity index is 1380. The number of nitrogens with one attached hydrogen (secondary N) is 3. The summed E-state index contributed by atoms with van der Waals surface area (Å²) in [6.07, 6.45) is -1.25. The molecule has 4 rings (SSSR count).